The molecule has 7 heteroatoms. The molecule has 68 valence electrons. The molecule has 0 atom stereocenters. The first kappa shape index (κ1) is 8.55. The summed E-state index contributed by atoms with van der Waals surface area (Å²) < 4.78 is 26.8. The van der Waals surface area contributed by atoms with Crippen LogP contribution in [0.4, 0.5) is 5.69 Å². The minimum atomic E-state index is -3.80. The number of nitrogens with one attached hydrogen (secondary N) is 1. The van der Waals surface area contributed by atoms with E-state index in [-0.39, 0.29) is 4.90 Å². The van der Waals surface area contributed by atoms with Crippen molar-refractivity contribution >= 4 is 23.1 Å². The highest BCUT2D eigenvalue weighted by Gasteiger charge is 2.33. The third-order valence-electron chi connectivity index (χ3n) is 1.65. The molecule has 0 amide bonds. The maximum atomic E-state index is 11.3. The van der Waals surface area contributed by atoms with E-state index < -0.39 is 17.4 Å². The normalized spacial score (nSPS) is 19.0. The van der Waals surface area contributed by atoms with Gasteiger partial charge < -0.3 is 10.3 Å². The van der Waals surface area contributed by atoms with E-state index in [0.717, 1.165) is 0 Å². The zero-order valence-electron chi connectivity index (χ0n) is 6.47. The monoisotopic (exact) mass is 199 g/mol. The number of hydrogen-bond donors (Lipinski definition) is 2. The molecule has 1 aliphatic rings. The zero-order chi connectivity index (χ0) is 9.47. The van der Waals surface area contributed by atoms with Crippen LogP contribution < -0.4 is 5.23 Å². The molecule has 0 fully saturated rings. The lowest BCUT2D eigenvalue weighted by Crippen LogP contribution is -2.36. The van der Waals surface area contributed by atoms with Crippen LogP contribution in [0.3, 0.4) is 0 Å². The molecule has 1 aromatic carbocycles. The molecule has 0 bridgehead atoms. The van der Waals surface area contributed by atoms with Crippen LogP contribution in [0.15, 0.2) is 29.2 Å². The molecule has 13 heavy (non-hydrogen) atoms. The van der Waals surface area contributed by atoms with Crippen molar-refractivity contribution in [3.8, 4) is 0 Å². The van der Waals surface area contributed by atoms with Gasteiger partial charge in [-0.15, -0.1) is 0 Å². The van der Waals surface area contributed by atoms with Crippen molar-refractivity contribution < 1.29 is 17.5 Å². The first-order valence-corrected chi connectivity index (χ1v) is 4.97. The summed E-state index contributed by atoms with van der Waals surface area (Å²) in [6, 6.07) is 6.21. The Morgan fingerprint density at radius 1 is 1.38 bits per heavy atom. The van der Waals surface area contributed by atoms with Crippen LogP contribution in [0.2, 0.25) is 0 Å². The van der Waals surface area contributed by atoms with E-state index in [9.17, 15) is 8.42 Å². The maximum absolute atomic E-state index is 11.3. The fraction of sp³-hybridized carbons (Fsp3) is 0. The maximum Gasteiger partial charge on any atom is 0.603 e. The lowest BCUT2D eigenvalue weighted by molar-refractivity contribution is 0.408. The van der Waals surface area contributed by atoms with Gasteiger partial charge >= 0.3 is 7.25 Å². The molecule has 5 nitrogen and oxygen atoms in total. The molecule has 0 aliphatic carbocycles. The molecule has 2 N–H and O–H groups in total. The van der Waals surface area contributed by atoms with Gasteiger partial charge in [0.1, 0.15) is 4.90 Å². The SMILES string of the molecule is O=S1(=O)OB(O)Nc2ccccc21. The number of hydrogen-bond acceptors (Lipinski definition) is 5. The average Bonchev–Trinajstić information content (AvgIpc) is 2.02. The molecule has 0 saturated heterocycles. The van der Waals surface area contributed by atoms with Crippen LogP contribution in [0.1, 0.15) is 0 Å². The van der Waals surface area contributed by atoms with E-state index in [4.69, 9.17) is 5.02 Å². The zero-order valence-corrected chi connectivity index (χ0v) is 7.28. The van der Waals surface area contributed by atoms with Crippen molar-refractivity contribution in [3.63, 3.8) is 0 Å². The molecule has 0 saturated carbocycles. The molecular weight excluding hydrogens is 193 g/mol. The quantitative estimate of drug-likeness (QED) is 0.565. The van der Waals surface area contributed by atoms with Gasteiger partial charge in [0.05, 0.1) is 0 Å². The van der Waals surface area contributed by atoms with Gasteiger partial charge in [-0.05, 0) is 12.1 Å². The van der Waals surface area contributed by atoms with Crippen LogP contribution in [-0.2, 0) is 14.2 Å². The smallest absolute Gasteiger partial charge is 0.407 e. The summed E-state index contributed by atoms with van der Waals surface area (Å²) in [6.45, 7) is 0. The number of para-hydroxylation sites is 1. The van der Waals surface area contributed by atoms with Gasteiger partial charge in [-0.2, -0.15) is 8.42 Å². The fourth-order valence-electron chi connectivity index (χ4n) is 1.13. The van der Waals surface area contributed by atoms with E-state index in [0.29, 0.717) is 5.69 Å². The summed E-state index contributed by atoms with van der Waals surface area (Å²) in [4.78, 5) is 0.0419. The molecule has 1 heterocycles. The minimum absolute atomic E-state index is 0.0419. The van der Waals surface area contributed by atoms with E-state index in [1.807, 2.05) is 0 Å². The van der Waals surface area contributed by atoms with Crippen LogP contribution in [-0.4, -0.2) is 20.7 Å². The highest BCUT2D eigenvalue weighted by molar-refractivity contribution is 7.88. The van der Waals surface area contributed by atoms with Crippen molar-refractivity contribution in [3.05, 3.63) is 24.3 Å². The molecule has 0 aromatic heterocycles. The predicted molar refractivity (Wildman–Crippen MR) is 46.3 cm³/mol. The Morgan fingerprint density at radius 3 is 2.85 bits per heavy atom. The largest absolute Gasteiger partial charge is 0.603 e. The number of rotatable bonds is 0. The topological polar surface area (TPSA) is 75.6 Å². The Bertz CT molecular complexity index is 432. The Morgan fingerprint density at radius 2 is 2.08 bits per heavy atom. The van der Waals surface area contributed by atoms with Crippen molar-refractivity contribution in [2.24, 2.45) is 0 Å². The van der Waals surface area contributed by atoms with Gasteiger partial charge in [0.15, 0.2) is 0 Å². The number of benzene rings is 1. The predicted octanol–water partition coefficient (Wildman–Crippen LogP) is -0.205. The van der Waals surface area contributed by atoms with Crippen molar-refractivity contribution in [1.29, 1.82) is 0 Å². The highest BCUT2D eigenvalue weighted by atomic mass is 32.2. The van der Waals surface area contributed by atoms with Crippen molar-refractivity contribution in [2.45, 2.75) is 4.90 Å². The van der Waals surface area contributed by atoms with Gasteiger partial charge in [0.2, 0.25) is 0 Å². The lowest BCUT2D eigenvalue weighted by atomic mass is 10.1. The Balaban J connectivity index is 2.63. The fourth-order valence-corrected chi connectivity index (χ4v) is 2.17. The van der Waals surface area contributed by atoms with Crippen LogP contribution >= 0.6 is 0 Å². The van der Waals surface area contributed by atoms with E-state index in [1.165, 1.54) is 6.07 Å². The summed E-state index contributed by atoms with van der Waals surface area (Å²) in [5, 5.41) is 11.4. The van der Waals surface area contributed by atoms with Gasteiger partial charge in [-0.1, -0.05) is 12.1 Å². The van der Waals surface area contributed by atoms with Gasteiger partial charge in [-0.3, -0.25) is 4.10 Å². The third kappa shape index (κ3) is 1.41. The van der Waals surface area contributed by atoms with Crippen LogP contribution in [0.25, 0.3) is 0 Å². The van der Waals surface area contributed by atoms with E-state index in [1.54, 1.807) is 18.2 Å². The van der Waals surface area contributed by atoms with Crippen LogP contribution in [0.5, 0.6) is 0 Å². The molecule has 2 rings (SSSR count). The van der Waals surface area contributed by atoms with Crippen molar-refractivity contribution in [1.82, 2.24) is 0 Å². The van der Waals surface area contributed by atoms with E-state index >= 15 is 0 Å². The van der Waals surface area contributed by atoms with Gasteiger partial charge in [0, 0.05) is 5.69 Å². The second-order valence-electron chi connectivity index (χ2n) is 2.54. The summed E-state index contributed by atoms with van der Waals surface area (Å²) >= 11 is 0. The molecular formula is C6H6BNO4S. The van der Waals surface area contributed by atoms with E-state index in [2.05, 4.69) is 9.33 Å². The minimum Gasteiger partial charge on any atom is -0.407 e. The first-order chi connectivity index (χ1) is 6.09. The third-order valence-corrected chi connectivity index (χ3v) is 2.98. The Kier molecular flexibility index (Phi) is 1.79. The highest BCUT2D eigenvalue weighted by Crippen LogP contribution is 2.26. The molecule has 0 unspecified atom stereocenters. The van der Waals surface area contributed by atoms with Gasteiger partial charge in [0.25, 0.3) is 10.1 Å². The first-order valence-electron chi connectivity index (χ1n) is 3.56. The molecule has 1 aromatic rings. The Hall–Kier alpha value is -1.05. The van der Waals surface area contributed by atoms with Gasteiger partial charge in [-0.25, -0.2) is 0 Å². The summed E-state index contributed by atoms with van der Waals surface area (Å²) in [6.07, 6.45) is 0. The van der Waals surface area contributed by atoms with Crippen molar-refractivity contribution in [2.75, 3.05) is 5.23 Å². The summed E-state index contributed by atoms with van der Waals surface area (Å²) in [7, 11) is -5.30. The second kappa shape index (κ2) is 2.73. The average molecular weight is 199 g/mol. The molecule has 1 aliphatic heterocycles. The standard InChI is InChI=1S/C6H6BNO4S/c9-7-8-5-3-1-2-4-6(5)13(10,11)12-7/h1-4,8-9H. The number of anilines is 1. The lowest BCUT2D eigenvalue weighted by Gasteiger charge is -2.19. The number of fused-ring (bicyclic) bond motifs is 1. The molecule has 0 spiro atoms. The second-order valence-corrected chi connectivity index (χ2v) is 4.08. The van der Waals surface area contributed by atoms with Crippen LogP contribution in [0, 0.1) is 0 Å². The summed E-state index contributed by atoms with van der Waals surface area (Å²) in [5.74, 6) is 0. The summed E-state index contributed by atoms with van der Waals surface area (Å²) in [5.41, 5.74) is 0.348. The Labute approximate surface area is 75.6 Å². The molecule has 0 radical (unpaired) electrons.